The fraction of sp³-hybridized carbons (Fsp3) is 0.529. The van der Waals surface area contributed by atoms with Crippen LogP contribution in [-0.2, 0) is 25.7 Å². The summed E-state index contributed by atoms with van der Waals surface area (Å²) in [6.07, 6.45) is 3.23. The minimum atomic E-state index is -0.763. The number of benzene rings is 1. The lowest BCUT2D eigenvalue weighted by Gasteiger charge is -2.37. The van der Waals surface area contributed by atoms with E-state index in [9.17, 15) is 9.59 Å². The number of methoxy groups -OCH3 is 1. The molecule has 0 bridgehead atoms. The first-order valence-corrected chi connectivity index (χ1v) is 7.37. The average Bonchev–Trinajstić information content (AvgIpc) is 2.53. The highest BCUT2D eigenvalue weighted by Crippen LogP contribution is 2.42. The van der Waals surface area contributed by atoms with Crippen molar-refractivity contribution in [3.8, 4) is 0 Å². The molecule has 1 saturated carbocycles. The standard InChI is InChI=1S/C17H22O4/c1-17(16(19)20-2)11-7-6-10-14(17)15(18)21-12-13-8-4-3-5-9-13/h3-5,8-9,14H,6-7,10-12H2,1-2H3/t14-,17-/m0/s1. The Morgan fingerprint density at radius 1 is 1.24 bits per heavy atom. The maximum Gasteiger partial charge on any atom is 0.312 e. The molecule has 0 aromatic heterocycles. The molecular weight excluding hydrogens is 268 g/mol. The van der Waals surface area contributed by atoms with Crippen molar-refractivity contribution in [2.75, 3.05) is 7.11 Å². The summed E-state index contributed by atoms with van der Waals surface area (Å²) in [4.78, 5) is 24.4. The van der Waals surface area contributed by atoms with Crippen LogP contribution in [0.5, 0.6) is 0 Å². The molecule has 1 fully saturated rings. The fourth-order valence-electron chi connectivity index (χ4n) is 3.02. The number of carbonyl (C=O) groups is 2. The molecule has 0 N–H and O–H groups in total. The van der Waals surface area contributed by atoms with Gasteiger partial charge in [-0.1, -0.05) is 43.2 Å². The highest BCUT2D eigenvalue weighted by atomic mass is 16.5. The summed E-state index contributed by atoms with van der Waals surface area (Å²) in [7, 11) is 1.37. The first kappa shape index (κ1) is 15.5. The summed E-state index contributed by atoms with van der Waals surface area (Å²) in [5, 5.41) is 0. The van der Waals surface area contributed by atoms with Gasteiger partial charge in [-0.25, -0.2) is 0 Å². The lowest BCUT2D eigenvalue weighted by Crippen LogP contribution is -2.43. The largest absolute Gasteiger partial charge is 0.469 e. The molecule has 1 aliphatic carbocycles. The van der Waals surface area contributed by atoms with E-state index in [1.165, 1.54) is 7.11 Å². The molecule has 4 nitrogen and oxygen atoms in total. The highest BCUT2D eigenvalue weighted by molar-refractivity contribution is 5.85. The first-order valence-electron chi connectivity index (χ1n) is 7.37. The predicted octanol–water partition coefficient (Wildman–Crippen LogP) is 3.10. The molecule has 0 saturated heterocycles. The van der Waals surface area contributed by atoms with E-state index in [2.05, 4.69) is 0 Å². The molecule has 2 rings (SSSR count). The Hall–Kier alpha value is -1.84. The zero-order valence-corrected chi connectivity index (χ0v) is 12.6. The number of carbonyl (C=O) groups excluding carboxylic acids is 2. The molecule has 4 heteroatoms. The second kappa shape index (κ2) is 6.74. The van der Waals surface area contributed by atoms with Crippen LogP contribution in [0.4, 0.5) is 0 Å². The van der Waals surface area contributed by atoms with Crippen LogP contribution >= 0.6 is 0 Å². The molecule has 2 atom stereocenters. The second-order valence-corrected chi connectivity index (χ2v) is 5.80. The van der Waals surface area contributed by atoms with Crippen molar-refractivity contribution >= 4 is 11.9 Å². The van der Waals surface area contributed by atoms with Gasteiger partial charge in [-0.2, -0.15) is 0 Å². The molecule has 21 heavy (non-hydrogen) atoms. The van der Waals surface area contributed by atoms with Crippen molar-refractivity contribution in [1.82, 2.24) is 0 Å². The van der Waals surface area contributed by atoms with Crippen LogP contribution in [0.2, 0.25) is 0 Å². The van der Waals surface area contributed by atoms with Crippen molar-refractivity contribution < 1.29 is 19.1 Å². The van der Waals surface area contributed by atoms with Crippen LogP contribution in [0.15, 0.2) is 30.3 Å². The zero-order valence-electron chi connectivity index (χ0n) is 12.6. The number of rotatable bonds is 4. The molecule has 0 spiro atoms. The van der Waals surface area contributed by atoms with E-state index in [1.807, 2.05) is 37.3 Å². The van der Waals surface area contributed by atoms with Crippen molar-refractivity contribution in [3.05, 3.63) is 35.9 Å². The maximum atomic E-state index is 12.4. The Labute approximate surface area is 125 Å². The van der Waals surface area contributed by atoms with E-state index in [4.69, 9.17) is 9.47 Å². The van der Waals surface area contributed by atoms with Crippen molar-refractivity contribution in [2.24, 2.45) is 11.3 Å². The van der Waals surface area contributed by atoms with Gasteiger partial charge in [0, 0.05) is 0 Å². The van der Waals surface area contributed by atoms with Gasteiger partial charge in [0.1, 0.15) is 6.61 Å². The van der Waals surface area contributed by atoms with Gasteiger partial charge >= 0.3 is 11.9 Å². The predicted molar refractivity (Wildman–Crippen MR) is 78.3 cm³/mol. The van der Waals surface area contributed by atoms with Gasteiger partial charge in [0.05, 0.1) is 18.4 Å². The molecule has 1 aromatic carbocycles. The third-order valence-electron chi connectivity index (χ3n) is 4.37. The van der Waals surface area contributed by atoms with Crippen LogP contribution in [0.3, 0.4) is 0 Å². The molecule has 1 aromatic rings. The minimum absolute atomic E-state index is 0.243. The summed E-state index contributed by atoms with van der Waals surface area (Å²) in [5.74, 6) is -1.03. The lowest BCUT2D eigenvalue weighted by atomic mass is 9.67. The van der Waals surface area contributed by atoms with Crippen molar-refractivity contribution in [2.45, 2.75) is 39.2 Å². The van der Waals surface area contributed by atoms with Gasteiger partial charge in [-0.3, -0.25) is 9.59 Å². The Bertz CT molecular complexity index is 497. The zero-order chi connectivity index (χ0) is 15.3. The van der Waals surface area contributed by atoms with E-state index < -0.39 is 11.3 Å². The van der Waals surface area contributed by atoms with Crippen LogP contribution in [-0.4, -0.2) is 19.0 Å². The molecule has 1 aliphatic rings. The Balaban J connectivity index is 2.03. The van der Waals surface area contributed by atoms with Crippen LogP contribution < -0.4 is 0 Å². The Morgan fingerprint density at radius 3 is 2.62 bits per heavy atom. The van der Waals surface area contributed by atoms with Gasteiger partial charge in [-0.15, -0.1) is 0 Å². The minimum Gasteiger partial charge on any atom is -0.469 e. The fourth-order valence-corrected chi connectivity index (χ4v) is 3.02. The van der Waals surface area contributed by atoms with Crippen molar-refractivity contribution in [1.29, 1.82) is 0 Å². The maximum absolute atomic E-state index is 12.4. The summed E-state index contributed by atoms with van der Waals surface area (Å²) in [6, 6.07) is 9.55. The molecule has 0 aliphatic heterocycles. The number of esters is 2. The number of hydrogen-bond acceptors (Lipinski definition) is 4. The lowest BCUT2D eigenvalue weighted by molar-refractivity contribution is -0.170. The SMILES string of the molecule is COC(=O)[C@@]1(C)CCCC[C@H]1C(=O)OCc1ccccc1. The topological polar surface area (TPSA) is 52.6 Å². The average molecular weight is 290 g/mol. The number of ether oxygens (including phenoxy) is 2. The van der Waals surface area contributed by atoms with Gasteiger partial charge in [0.2, 0.25) is 0 Å². The highest BCUT2D eigenvalue weighted by Gasteiger charge is 2.48. The summed E-state index contributed by atoms with van der Waals surface area (Å²) < 4.78 is 10.3. The molecule has 114 valence electrons. The second-order valence-electron chi connectivity index (χ2n) is 5.80. The van der Waals surface area contributed by atoms with Gasteiger partial charge in [0.25, 0.3) is 0 Å². The van der Waals surface area contributed by atoms with E-state index in [-0.39, 0.29) is 18.5 Å². The smallest absolute Gasteiger partial charge is 0.312 e. The summed E-state index contributed by atoms with van der Waals surface area (Å²) in [5.41, 5.74) is 0.183. The molecule has 0 unspecified atom stereocenters. The molecule has 0 amide bonds. The third-order valence-corrected chi connectivity index (χ3v) is 4.37. The monoisotopic (exact) mass is 290 g/mol. The first-order chi connectivity index (χ1) is 10.1. The number of hydrogen-bond donors (Lipinski definition) is 0. The molecule has 0 heterocycles. The summed E-state index contributed by atoms with van der Waals surface area (Å²) in [6.45, 7) is 2.06. The Kier molecular flexibility index (Phi) is 4.99. The summed E-state index contributed by atoms with van der Waals surface area (Å²) >= 11 is 0. The van der Waals surface area contributed by atoms with Crippen LogP contribution in [0.25, 0.3) is 0 Å². The van der Waals surface area contributed by atoms with Crippen LogP contribution in [0, 0.1) is 11.3 Å². The Morgan fingerprint density at radius 2 is 1.95 bits per heavy atom. The van der Waals surface area contributed by atoms with E-state index in [0.29, 0.717) is 12.8 Å². The third kappa shape index (κ3) is 3.43. The van der Waals surface area contributed by atoms with Gasteiger partial charge in [-0.05, 0) is 25.3 Å². The van der Waals surface area contributed by atoms with Crippen LogP contribution in [0.1, 0.15) is 38.2 Å². The van der Waals surface area contributed by atoms with E-state index >= 15 is 0 Å². The quantitative estimate of drug-likeness (QED) is 0.800. The van der Waals surface area contributed by atoms with Crippen molar-refractivity contribution in [3.63, 3.8) is 0 Å². The van der Waals surface area contributed by atoms with Gasteiger partial charge < -0.3 is 9.47 Å². The van der Waals surface area contributed by atoms with E-state index in [0.717, 1.165) is 18.4 Å². The normalized spacial score (nSPS) is 25.1. The molecule has 0 radical (unpaired) electrons. The van der Waals surface area contributed by atoms with E-state index in [1.54, 1.807) is 0 Å². The van der Waals surface area contributed by atoms with Gasteiger partial charge in [0.15, 0.2) is 0 Å². The molecular formula is C17H22O4.